The van der Waals surface area contributed by atoms with Crippen molar-refractivity contribution in [2.45, 2.75) is 10.9 Å². The molecule has 1 unspecified atom stereocenters. The SMILES string of the molecule is COCC(N)C(=O)N1CCSc2ccccc21. The van der Waals surface area contributed by atoms with Crippen molar-refractivity contribution in [1.82, 2.24) is 0 Å². The highest BCUT2D eigenvalue weighted by Gasteiger charge is 2.26. The van der Waals surface area contributed by atoms with Gasteiger partial charge >= 0.3 is 0 Å². The van der Waals surface area contributed by atoms with Gasteiger partial charge in [0.1, 0.15) is 6.04 Å². The minimum Gasteiger partial charge on any atom is -0.383 e. The zero-order valence-electron chi connectivity index (χ0n) is 9.76. The molecule has 5 heteroatoms. The van der Waals surface area contributed by atoms with Gasteiger partial charge in [-0.2, -0.15) is 0 Å². The summed E-state index contributed by atoms with van der Waals surface area (Å²) in [6, 6.07) is 7.32. The Morgan fingerprint density at radius 2 is 2.35 bits per heavy atom. The second kappa shape index (κ2) is 5.53. The molecule has 1 aromatic rings. The third-order valence-corrected chi connectivity index (χ3v) is 3.70. The molecule has 0 bridgehead atoms. The van der Waals surface area contributed by atoms with Gasteiger partial charge < -0.3 is 15.4 Å². The zero-order chi connectivity index (χ0) is 12.3. The Kier molecular flexibility index (Phi) is 4.04. The van der Waals surface area contributed by atoms with Crippen LogP contribution in [0.3, 0.4) is 0 Å². The molecule has 17 heavy (non-hydrogen) atoms. The molecule has 1 atom stereocenters. The number of para-hydroxylation sites is 1. The van der Waals surface area contributed by atoms with Gasteiger partial charge in [-0.15, -0.1) is 11.8 Å². The second-order valence-electron chi connectivity index (χ2n) is 3.87. The molecule has 1 amide bonds. The molecule has 0 aromatic heterocycles. The van der Waals surface area contributed by atoms with Crippen LogP contribution in [0.5, 0.6) is 0 Å². The first-order valence-electron chi connectivity index (χ1n) is 5.51. The molecule has 0 spiro atoms. The summed E-state index contributed by atoms with van der Waals surface area (Å²) in [5.74, 6) is 0.835. The number of rotatable bonds is 3. The number of hydrogen-bond donors (Lipinski definition) is 1. The van der Waals surface area contributed by atoms with Crippen LogP contribution in [0.1, 0.15) is 0 Å². The predicted octanol–water partition coefficient (Wildman–Crippen LogP) is 1.10. The number of ether oxygens (including phenoxy) is 1. The molecule has 2 N–H and O–H groups in total. The molecule has 1 aliphatic heterocycles. The van der Waals surface area contributed by atoms with Crippen LogP contribution in [0.25, 0.3) is 0 Å². The maximum absolute atomic E-state index is 12.2. The fourth-order valence-electron chi connectivity index (χ4n) is 1.85. The van der Waals surface area contributed by atoms with E-state index in [4.69, 9.17) is 10.5 Å². The van der Waals surface area contributed by atoms with Crippen molar-refractivity contribution in [3.8, 4) is 0 Å². The standard InChI is InChI=1S/C12H16N2O2S/c1-16-8-9(13)12(15)14-6-7-17-11-5-3-2-4-10(11)14/h2-5,9H,6-8,13H2,1H3. The summed E-state index contributed by atoms with van der Waals surface area (Å²) in [6.45, 7) is 0.961. The summed E-state index contributed by atoms with van der Waals surface area (Å²) in [5.41, 5.74) is 6.75. The summed E-state index contributed by atoms with van der Waals surface area (Å²) in [4.78, 5) is 15.1. The molecule has 0 saturated heterocycles. The summed E-state index contributed by atoms with van der Waals surface area (Å²) in [6.07, 6.45) is 0. The number of carbonyl (C=O) groups excluding carboxylic acids is 1. The monoisotopic (exact) mass is 252 g/mol. The first kappa shape index (κ1) is 12.4. The number of amides is 1. The van der Waals surface area contributed by atoms with Crippen LogP contribution in [0.4, 0.5) is 5.69 Å². The maximum Gasteiger partial charge on any atom is 0.246 e. The Morgan fingerprint density at radius 1 is 1.59 bits per heavy atom. The molecule has 2 rings (SSSR count). The molecule has 0 radical (unpaired) electrons. The minimum absolute atomic E-state index is 0.0698. The lowest BCUT2D eigenvalue weighted by atomic mass is 10.2. The third-order valence-electron chi connectivity index (χ3n) is 2.66. The zero-order valence-corrected chi connectivity index (χ0v) is 10.6. The maximum atomic E-state index is 12.2. The van der Waals surface area contributed by atoms with Crippen molar-refractivity contribution >= 4 is 23.4 Å². The lowest BCUT2D eigenvalue weighted by Crippen LogP contribution is -2.48. The van der Waals surface area contributed by atoms with Crippen molar-refractivity contribution < 1.29 is 9.53 Å². The van der Waals surface area contributed by atoms with E-state index in [0.29, 0.717) is 6.54 Å². The average molecular weight is 252 g/mol. The number of carbonyl (C=O) groups is 1. The normalized spacial score (nSPS) is 16.5. The van der Waals surface area contributed by atoms with E-state index in [9.17, 15) is 4.79 Å². The van der Waals surface area contributed by atoms with Gasteiger partial charge in [0.25, 0.3) is 0 Å². The molecular formula is C12H16N2O2S. The van der Waals surface area contributed by atoms with Crippen molar-refractivity contribution in [1.29, 1.82) is 0 Å². The number of thioether (sulfide) groups is 1. The number of anilines is 1. The highest BCUT2D eigenvalue weighted by atomic mass is 32.2. The van der Waals surface area contributed by atoms with Crippen LogP contribution >= 0.6 is 11.8 Å². The van der Waals surface area contributed by atoms with E-state index in [1.165, 1.54) is 0 Å². The average Bonchev–Trinajstić information content (AvgIpc) is 2.37. The van der Waals surface area contributed by atoms with Gasteiger partial charge in [0.15, 0.2) is 0 Å². The Labute approximate surface area is 105 Å². The molecule has 0 aliphatic carbocycles. The number of fused-ring (bicyclic) bond motifs is 1. The van der Waals surface area contributed by atoms with Gasteiger partial charge in [-0.25, -0.2) is 0 Å². The van der Waals surface area contributed by atoms with Gasteiger partial charge in [-0.1, -0.05) is 12.1 Å². The molecule has 1 heterocycles. The summed E-state index contributed by atoms with van der Waals surface area (Å²) in [7, 11) is 1.55. The molecule has 0 saturated carbocycles. The van der Waals surface area contributed by atoms with Crippen molar-refractivity contribution in [3.05, 3.63) is 24.3 Å². The molecule has 4 nitrogen and oxygen atoms in total. The minimum atomic E-state index is -0.587. The fourth-order valence-corrected chi connectivity index (χ4v) is 2.84. The van der Waals surface area contributed by atoms with E-state index in [1.807, 2.05) is 24.3 Å². The van der Waals surface area contributed by atoms with E-state index >= 15 is 0 Å². The second-order valence-corrected chi connectivity index (χ2v) is 5.00. The highest BCUT2D eigenvalue weighted by Crippen LogP contribution is 2.34. The summed E-state index contributed by atoms with van der Waals surface area (Å²) >= 11 is 1.77. The smallest absolute Gasteiger partial charge is 0.246 e. The Morgan fingerprint density at radius 3 is 3.12 bits per heavy atom. The molecule has 1 aromatic carbocycles. The van der Waals surface area contributed by atoms with Gasteiger partial charge in [0, 0.05) is 24.3 Å². The van der Waals surface area contributed by atoms with E-state index in [0.717, 1.165) is 16.3 Å². The van der Waals surface area contributed by atoms with Crippen molar-refractivity contribution in [3.63, 3.8) is 0 Å². The molecule has 92 valence electrons. The summed E-state index contributed by atoms with van der Waals surface area (Å²) < 4.78 is 4.93. The van der Waals surface area contributed by atoms with Crippen molar-refractivity contribution in [2.24, 2.45) is 5.73 Å². The Hall–Kier alpha value is -1.04. The lowest BCUT2D eigenvalue weighted by molar-refractivity contribution is -0.120. The van der Waals surface area contributed by atoms with E-state index in [-0.39, 0.29) is 12.5 Å². The number of hydrogen-bond acceptors (Lipinski definition) is 4. The quantitative estimate of drug-likeness (QED) is 0.875. The molecular weight excluding hydrogens is 236 g/mol. The van der Waals surface area contributed by atoms with E-state index in [1.54, 1.807) is 23.8 Å². The van der Waals surface area contributed by atoms with Crippen LogP contribution < -0.4 is 10.6 Å². The van der Waals surface area contributed by atoms with Gasteiger partial charge in [0.05, 0.1) is 12.3 Å². The Balaban J connectivity index is 2.20. The number of nitrogens with zero attached hydrogens (tertiary/aromatic N) is 1. The third kappa shape index (κ3) is 2.62. The van der Waals surface area contributed by atoms with Crippen LogP contribution in [-0.4, -0.2) is 38.0 Å². The number of nitrogens with two attached hydrogens (primary N) is 1. The van der Waals surface area contributed by atoms with Crippen LogP contribution in [0.15, 0.2) is 29.2 Å². The summed E-state index contributed by atoms with van der Waals surface area (Å²) in [5, 5.41) is 0. The molecule has 0 fully saturated rings. The number of methoxy groups -OCH3 is 1. The van der Waals surface area contributed by atoms with Gasteiger partial charge in [0.2, 0.25) is 5.91 Å². The van der Waals surface area contributed by atoms with Crippen LogP contribution in [0, 0.1) is 0 Å². The predicted molar refractivity (Wildman–Crippen MR) is 69.4 cm³/mol. The largest absolute Gasteiger partial charge is 0.383 e. The van der Waals surface area contributed by atoms with E-state index in [2.05, 4.69) is 0 Å². The topological polar surface area (TPSA) is 55.6 Å². The highest BCUT2D eigenvalue weighted by molar-refractivity contribution is 7.99. The Bertz CT molecular complexity index is 411. The first-order chi connectivity index (χ1) is 8.24. The van der Waals surface area contributed by atoms with Gasteiger partial charge in [-0.05, 0) is 12.1 Å². The van der Waals surface area contributed by atoms with Gasteiger partial charge in [-0.3, -0.25) is 4.79 Å². The lowest BCUT2D eigenvalue weighted by Gasteiger charge is -2.30. The van der Waals surface area contributed by atoms with E-state index < -0.39 is 6.04 Å². The molecule has 1 aliphatic rings. The first-order valence-corrected chi connectivity index (χ1v) is 6.50. The van der Waals surface area contributed by atoms with Crippen LogP contribution in [0.2, 0.25) is 0 Å². The number of benzene rings is 1. The fraction of sp³-hybridized carbons (Fsp3) is 0.417. The van der Waals surface area contributed by atoms with Crippen LogP contribution in [-0.2, 0) is 9.53 Å². The van der Waals surface area contributed by atoms with Crippen molar-refractivity contribution in [2.75, 3.05) is 30.9 Å².